The minimum atomic E-state index is -5.08. The van der Waals surface area contributed by atoms with E-state index in [0.29, 0.717) is 13.0 Å². The van der Waals surface area contributed by atoms with Gasteiger partial charge in [0.05, 0.1) is 24.6 Å². The Labute approximate surface area is 246 Å². The van der Waals surface area contributed by atoms with Gasteiger partial charge in [0.1, 0.15) is 11.6 Å². The summed E-state index contributed by atoms with van der Waals surface area (Å²) >= 11 is 0. The summed E-state index contributed by atoms with van der Waals surface area (Å²) in [6.45, 7) is 2.22. The first-order valence-electron chi connectivity index (χ1n) is 12.8. The molecule has 2 aromatic carbocycles. The van der Waals surface area contributed by atoms with E-state index in [1.54, 1.807) is 11.9 Å². The van der Waals surface area contributed by atoms with E-state index < -0.39 is 37.7 Å². The molecule has 43 heavy (non-hydrogen) atoms. The van der Waals surface area contributed by atoms with Crippen LogP contribution in [-0.4, -0.2) is 98.9 Å². The molecule has 0 bridgehead atoms. The van der Waals surface area contributed by atoms with Crippen LogP contribution < -0.4 is 10.1 Å². The molecule has 2 N–H and O–H groups in total. The fraction of sp³-hybridized carbons (Fsp3) is 0.423. The quantitative estimate of drug-likeness (QED) is 0.264. The number of hydrogen-bond acceptors (Lipinski definition) is 9. The van der Waals surface area contributed by atoms with Gasteiger partial charge in [-0.1, -0.05) is 24.3 Å². The van der Waals surface area contributed by atoms with Crippen LogP contribution in [0, 0.1) is 10.1 Å². The van der Waals surface area contributed by atoms with Gasteiger partial charge in [-0.15, -0.1) is 0 Å². The number of carbonyl (C=O) groups excluding carboxylic acids is 1. The lowest BCUT2D eigenvalue weighted by Crippen LogP contribution is -2.31. The van der Waals surface area contributed by atoms with Gasteiger partial charge in [0.2, 0.25) is 15.9 Å². The van der Waals surface area contributed by atoms with E-state index in [4.69, 9.17) is 14.6 Å². The zero-order valence-electron chi connectivity index (χ0n) is 23.6. The van der Waals surface area contributed by atoms with Crippen LogP contribution in [0.3, 0.4) is 0 Å². The number of alkyl halides is 3. The standard InChI is InChI=1S/C24H31N5O6S.C2HF3O2/c1-27(16-12-18-6-8-19(9-7-18)24-25-13-14-26-24)23(30)5-4-15-28(2)36(33,34)22-11-10-20(35-3)17-21(22)29(31)32;3-2(4,5)1(6)7/h6-11,17H,4-5,12-16H2,1-3H3,(H,25,26);(H,6,7). The van der Waals surface area contributed by atoms with Crippen LogP contribution in [0.1, 0.15) is 24.0 Å². The average Bonchev–Trinajstić information content (AvgIpc) is 3.50. The number of sulfonamides is 1. The summed E-state index contributed by atoms with van der Waals surface area (Å²) in [7, 11) is 0.284. The van der Waals surface area contributed by atoms with Gasteiger partial charge in [-0.05, 0) is 30.5 Å². The number of likely N-dealkylation sites (N-methyl/N-ethyl adjacent to an activating group) is 1. The Kier molecular flexibility index (Phi) is 12.4. The van der Waals surface area contributed by atoms with Crippen molar-refractivity contribution in [2.75, 3.05) is 47.4 Å². The third kappa shape index (κ3) is 10.2. The average molecular weight is 632 g/mol. The van der Waals surface area contributed by atoms with Gasteiger partial charge in [-0.3, -0.25) is 19.9 Å². The molecule has 0 aromatic heterocycles. The number of aliphatic carboxylic acids is 1. The molecule has 0 fully saturated rings. The molecule has 1 heterocycles. The van der Waals surface area contributed by atoms with Crippen molar-refractivity contribution in [3.8, 4) is 5.75 Å². The first-order chi connectivity index (χ1) is 20.1. The predicted octanol–water partition coefficient (Wildman–Crippen LogP) is 2.69. The van der Waals surface area contributed by atoms with Gasteiger partial charge in [-0.2, -0.15) is 13.2 Å². The summed E-state index contributed by atoms with van der Waals surface area (Å²) in [5.74, 6) is -1.76. The number of ether oxygens (including phenoxy) is 1. The van der Waals surface area contributed by atoms with E-state index in [1.807, 2.05) is 24.3 Å². The Bertz CT molecular complexity index is 1430. The van der Waals surface area contributed by atoms with E-state index in [-0.39, 0.29) is 31.0 Å². The van der Waals surface area contributed by atoms with Crippen molar-refractivity contribution >= 4 is 33.4 Å². The number of hydrogen-bond donors (Lipinski definition) is 2. The minimum Gasteiger partial charge on any atom is -0.497 e. The van der Waals surface area contributed by atoms with E-state index in [1.165, 1.54) is 20.2 Å². The first-order valence-corrected chi connectivity index (χ1v) is 14.2. The number of carbonyl (C=O) groups is 2. The molecular formula is C26H32F3N5O8S. The van der Waals surface area contributed by atoms with Crippen LogP contribution in [0.2, 0.25) is 0 Å². The largest absolute Gasteiger partial charge is 0.497 e. The molecular weight excluding hydrogens is 599 g/mol. The second kappa shape index (κ2) is 15.3. The Balaban J connectivity index is 0.000000821. The lowest BCUT2D eigenvalue weighted by Gasteiger charge is -2.20. The first kappa shape index (κ1) is 34.9. The predicted molar refractivity (Wildman–Crippen MR) is 150 cm³/mol. The maximum absolute atomic E-state index is 12.9. The molecule has 236 valence electrons. The van der Waals surface area contributed by atoms with Gasteiger partial charge in [0.15, 0.2) is 4.90 Å². The smallest absolute Gasteiger partial charge is 0.490 e. The maximum atomic E-state index is 12.9. The Morgan fingerprint density at radius 1 is 1.14 bits per heavy atom. The van der Waals surface area contributed by atoms with E-state index in [9.17, 15) is 36.5 Å². The number of methoxy groups -OCH3 is 1. The van der Waals surface area contributed by atoms with Crippen molar-refractivity contribution in [3.05, 3.63) is 63.7 Å². The lowest BCUT2D eigenvalue weighted by atomic mass is 10.1. The van der Waals surface area contributed by atoms with Crippen molar-refractivity contribution < 1.29 is 45.9 Å². The Morgan fingerprint density at radius 2 is 1.77 bits per heavy atom. The molecule has 0 aliphatic carbocycles. The van der Waals surface area contributed by atoms with Crippen LogP contribution in [-0.2, 0) is 26.0 Å². The zero-order chi connectivity index (χ0) is 32.4. The fourth-order valence-corrected chi connectivity index (χ4v) is 5.10. The monoisotopic (exact) mass is 631 g/mol. The van der Waals surface area contributed by atoms with Crippen molar-refractivity contribution in [1.82, 2.24) is 14.5 Å². The molecule has 17 heteroatoms. The summed E-state index contributed by atoms with van der Waals surface area (Å²) in [6.07, 6.45) is -3.95. The number of carboxylic acids is 1. The SMILES string of the molecule is COc1ccc(S(=O)(=O)N(C)CCCC(=O)N(C)CCc2ccc(C3=NCCN3)cc2)c([N+](=O)[O-])c1.O=C(O)C(F)(F)F. The number of nitro groups is 1. The summed E-state index contributed by atoms with van der Waals surface area (Å²) in [6, 6.07) is 11.7. The van der Waals surface area contributed by atoms with E-state index >= 15 is 0 Å². The summed E-state index contributed by atoms with van der Waals surface area (Å²) in [4.78, 5) is 37.7. The Morgan fingerprint density at radius 3 is 2.28 bits per heavy atom. The second-order valence-corrected chi connectivity index (χ2v) is 11.3. The maximum Gasteiger partial charge on any atom is 0.490 e. The van der Waals surface area contributed by atoms with E-state index in [0.717, 1.165) is 46.5 Å². The van der Waals surface area contributed by atoms with Crippen LogP contribution in [0.4, 0.5) is 18.9 Å². The van der Waals surface area contributed by atoms with Crippen molar-refractivity contribution in [1.29, 1.82) is 0 Å². The number of nitrogens with zero attached hydrogens (tertiary/aromatic N) is 4. The van der Waals surface area contributed by atoms with Crippen LogP contribution in [0.15, 0.2) is 52.4 Å². The number of rotatable bonds is 12. The van der Waals surface area contributed by atoms with Crippen molar-refractivity contribution in [2.45, 2.75) is 30.3 Å². The molecule has 0 unspecified atom stereocenters. The molecule has 0 saturated carbocycles. The Hall–Kier alpha value is -4.25. The highest BCUT2D eigenvalue weighted by Gasteiger charge is 2.38. The molecule has 0 atom stereocenters. The molecule has 0 spiro atoms. The van der Waals surface area contributed by atoms with Gasteiger partial charge in [0.25, 0.3) is 5.69 Å². The molecule has 1 aliphatic rings. The fourth-order valence-electron chi connectivity index (χ4n) is 3.76. The van der Waals surface area contributed by atoms with Crippen molar-refractivity contribution in [3.63, 3.8) is 0 Å². The normalized spacial score (nSPS) is 13.0. The van der Waals surface area contributed by atoms with Crippen molar-refractivity contribution in [2.24, 2.45) is 4.99 Å². The van der Waals surface area contributed by atoms with Gasteiger partial charge >= 0.3 is 12.1 Å². The number of halogens is 3. The molecule has 1 aliphatic heterocycles. The number of amides is 1. The zero-order valence-corrected chi connectivity index (χ0v) is 24.4. The molecule has 0 saturated heterocycles. The number of aliphatic imine (C=N–C) groups is 1. The highest BCUT2D eigenvalue weighted by molar-refractivity contribution is 7.89. The second-order valence-electron chi connectivity index (χ2n) is 9.24. The van der Waals surface area contributed by atoms with Crippen LogP contribution in [0.5, 0.6) is 5.75 Å². The van der Waals surface area contributed by atoms with Crippen LogP contribution >= 0.6 is 0 Å². The van der Waals surface area contributed by atoms with E-state index in [2.05, 4.69) is 10.3 Å². The summed E-state index contributed by atoms with van der Waals surface area (Å²) < 4.78 is 63.5. The summed E-state index contributed by atoms with van der Waals surface area (Å²) in [5.41, 5.74) is 1.58. The highest BCUT2D eigenvalue weighted by Crippen LogP contribution is 2.30. The lowest BCUT2D eigenvalue weighted by molar-refractivity contribution is -0.387. The molecule has 2 aromatic rings. The molecule has 0 radical (unpaired) electrons. The molecule has 1 amide bonds. The minimum absolute atomic E-state index is 0.0461. The summed E-state index contributed by atoms with van der Waals surface area (Å²) in [5, 5.41) is 21.7. The third-order valence-electron chi connectivity index (χ3n) is 6.22. The number of amidine groups is 1. The number of nitro benzene ring substituents is 1. The third-order valence-corrected chi connectivity index (χ3v) is 8.12. The molecule has 13 nitrogen and oxygen atoms in total. The van der Waals surface area contributed by atoms with Gasteiger partial charge in [0, 0.05) is 45.7 Å². The number of benzene rings is 2. The van der Waals surface area contributed by atoms with Gasteiger partial charge in [-0.25, -0.2) is 17.5 Å². The number of nitrogens with one attached hydrogen (secondary N) is 1. The molecule has 3 rings (SSSR count). The topological polar surface area (TPSA) is 172 Å². The van der Waals surface area contributed by atoms with Gasteiger partial charge < -0.3 is 20.1 Å². The highest BCUT2D eigenvalue weighted by atomic mass is 32.2. The number of carboxylic acid groups (broad SMARTS) is 1. The van der Waals surface area contributed by atoms with Crippen LogP contribution in [0.25, 0.3) is 0 Å².